The summed E-state index contributed by atoms with van der Waals surface area (Å²) in [4.78, 5) is 49.8. The summed E-state index contributed by atoms with van der Waals surface area (Å²) in [5, 5.41) is 2.30. The number of methoxy groups -OCH3 is 1. The van der Waals surface area contributed by atoms with Crippen molar-refractivity contribution in [3.05, 3.63) is 49.1 Å². The molecule has 1 aliphatic rings. The topological polar surface area (TPSA) is 108 Å². The van der Waals surface area contributed by atoms with Gasteiger partial charge < -0.3 is 13.9 Å². The number of nitrogens with one attached hydrogen (secondary N) is 1. The Morgan fingerprint density at radius 3 is 2.23 bits per heavy atom. The van der Waals surface area contributed by atoms with Gasteiger partial charge in [-0.15, -0.1) is 13.2 Å². The van der Waals surface area contributed by atoms with E-state index in [9.17, 15) is 19.2 Å². The van der Waals surface area contributed by atoms with Gasteiger partial charge in [-0.25, -0.2) is 0 Å². The summed E-state index contributed by atoms with van der Waals surface area (Å²) in [5.41, 5.74) is 0.763. The lowest BCUT2D eigenvalue weighted by Gasteiger charge is -2.42. The molecule has 1 rings (SSSR count). The van der Waals surface area contributed by atoms with Crippen molar-refractivity contribution in [2.45, 2.75) is 123 Å². The fraction of sp³-hybridized carbons (Fsp3) is 0.657. The van der Waals surface area contributed by atoms with E-state index in [1.807, 2.05) is 26.0 Å². The number of esters is 1. The SMILES string of the molecule is C=CCC=CCC(=O)O[C@@H](/C(C)=C\[C@@H](C)[C@H](O[Si](C)(C)C(C)(C)C)[C@H](C=C)OC)[C@H](C)C(=O)CCCC1CC(=O)NC(=O)C1. The van der Waals surface area contributed by atoms with Crippen LogP contribution >= 0.6 is 0 Å². The Kier molecular flexibility index (Phi) is 16.5. The molecule has 0 unspecified atom stereocenters. The second-order valence-corrected chi connectivity index (χ2v) is 18.3. The van der Waals surface area contributed by atoms with Gasteiger partial charge in [-0.2, -0.15) is 0 Å². The van der Waals surface area contributed by atoms with E-state index in [-0.39, 0.29) is 59.5 Å². The molecule has 1 heterocycles. The number of imide groups is 1. The fourth-order valence-electron chi connectivity index (χ4n) is 5.13. The second-order valence-electron chi connectivity index (χ2n) is 13.6. The van der Waals surface area contributed by atoms with Crippen molar-refractivity contribution in [1.82, 2.24) is 5.32 Å². The minimum Gasteiger partial charge on any atom is -0.457 e. The molecule has 1 N–H and O–H groups in total. The van der Waals surface area contributed by atoms with Crippen LogP contribution in [0.2, 0.25) is 18.1 Å². The average molecular weight is 632 g/mol. The smallest absolute Gasteiger partial charge is 0.310 e. The van der Waals surface area contributed by atoms with Crippen molar-refractivity contribution in [1.29, 1.82) is 0 Å². The molecule has 1 fully saturated rings. The Morgan fingerprint density at radius 2 is 1.70 bits per heavy atom. The third kappa shape index (κ3) is 12.8. The molecule has 2 amide bonds. The third-order valence-electron chi connectivity index (χ3n) is 8.79. The lowest BCUT2D eigenvalue weighted by atomic mass is 9.86. The number of hydrogen-bond acceptors (Lipinski definition) is 7. The maximum absolute atomic E-state index is 13.4. The highest BCUT2D eigenvalue weighted by Crippen LogP contribution is 2.39. The second kappa shape index (κ2) is 18.4. The Balaban J connectivity index is 3.22. The van der Waals surface area contributed by atoms with Crippen LogP contribution in [0.4, 0.5) is 0 Å². The van der Waals surface area contributed by atoms with Crippen molar-refractivity contribution in [3.8, 4) is 0 Å². The summed E-state index contributed by atoms with van der Waals surface area (Å²) in [5.74, 6) is -1.78. The molecule has 0 radical (unpaired) electrons. The minimum atomic E-state index is -2.19. The standard InChI is InChI=1S/C35H57NO7Si/c1-12-14-15-16-20-32(40)42-33(26(5)28(37)19-17-18-27-22-30(38)36-31(39)23-27)24(3)21-25(4)34(29(13-2)41-9)43-44(10,11)35(6,7)8/h12-13,15-16,21,25-27,29,33-34H,1-2,14,17-20,22-23H2,3-11H3,(H,36,38,39)/b16-15?,24-21-/t25-,26-,29+,33+,34+/m1/s1. The van der Waals surface area contributed by atoms with Crippen LogP contribution in [0, 0.1) is 17.8 Å². The number of piperidine rings is 1. The van der Waals surface area contributed by atoms with Gasteiger partial charge in [-0.3, -0.25) is 24.5 Å². The molecule has 0 aromatic rings. The quantitative estimate of drug-likeness (QED) is 0.0706. The van der Waals surface area contributed by atoms with E-state index < -0.39 is 26.3 Å². The first-order valence-corrected chi connectivity index (χ1v) is 18.7. The lowest BCUT2D eigenvalue weighted by Crippen LogP contribution is -2.49. The highest BCUT2D eigenvalue weighted by molar-refractivity contribution is 6.74. The van der Waals surface area contributed by atoms with Crippen molar-refractivity contribution < 1.29 is 33.1 Å². The van der Waals surface area contributed by atoms with Crippen LogP contribution in [-0.2, 0) is 33.1 Å². The van der Waals surface area contributed by atoms with Gasteiger partial charge in [-0.1, -0.05) is 65.0 Å². The van der Waals surface area contributed by atoms with Crippen LogP contribution in [0.1, 0.15) is 86.5 Å². The Hall–Kier alpha value is -2.62. The Labute approximate surface area is 266 Å². The largest absolute Gasteiger partial charge is 0.457 e. The number of amides is 2. The van der Waals surface area contributed by atoms with E-state index in [0.717, 1.165) is 5.57 Å². The summed E-state index contributed by atoms with van der Waals surface area (Å²) >= 11 is 0. The van der Waals surface area contributed by atoms with E-state index in [0.29, 0.717) is 32.1 Å². The van der Waals surface area contributed by atoms with Gasteiger partial charge in [-0.05, 0) is 55.8 Å². The van der Waals surface area contributed by atoms with Gasteiger partial charge in [0.1, 0.15) is 18.0 Å². The zero-order valence-corrected chi connectivity index (χ0v) is 29.6. The number of Topliss-reactive ketones (excluding diaryl/α,β-unsaturated/α-hetero) is 1. The molecule has 248 valence electrons. The first kappa shape index (κ1) is 39.4. The predicted octanol–water partition coefficient (Wildman–Crippen LogP) is 7.02. The predicted molar refractivity (Wildman–Crippen MR) is 178 cm³/mol. The highest BCUT2D eigenvalue weighted by Gasteiger charge is 2.42. The van der Waals surface area contributed by atoms with E-state index in [2.05, 4.69) is 52.3 Å². The highest BCUT2D eigenvalue weighted by atomic mass is 28.4. The maximum atomic E-state index is 13.4. The minimum absolute atomic E-state index is 0.0178. The molecular formula is C35H57NO7Si. The van der Waals surface area contributed by atoms with Gasteiger partial charge in [0.2, 0.25) is 11.8 Å². The Bertz CT molecular complexity index is 1060. The number of carbonyl (C=O) groups is 4. The fourth-order valence-corrected chi connectivity index (χ4v) is 6.51. The van der Waals surface area contributed by atoms with Crippen LogP contribution in [0.15, 0.2) is 49.1 Å². The van der Waals surface area contributed by atoms with E-state index in [4.69, 9.17) is 13.9 Å². The van der Waals surface area contributed by atoms with Gasteiger partial charge in [0, 0.05) is 32.3 Å². The molecular weight excluding hydrogens is 574 g/mol. The molecule has 5 atom stereocenters. The number of ether oxygens (including phenoxy) is 2. The molecule has 0 aromatic heterocycles. The number of ketones is 1. The van der Waals surface area contributed by atoms with Crippen LogP contribution in [0.5, 0.6) is 0 Å². The van der Waals surface area contributed by atoms with Crippen molar-refractivity contribution in [2.75, 3.05) is 7.11 Å². The lowest BCUT2D eigenvalue weighted by molar-refractivity contribution is -0.150. The number of carbonyl (C=O) groups excluding carboxylic acids is 4. The van der Waals surface area contributed by atoms with Crippen LogP contribution in [0.3, 0.4) is 0 Å². The normalized spacial score (nSPS) is 18.7. The monoisotopic (exact) mass is 631 g/mol. The van der Waals surface area contributed by atoms with Gasteiger partial charge in [0.15, 0.2) is 8.32 Å². The zero-order chi connectivity index (χ0) is 33.7. The average Bonchev–Trinajstić information content (AvgIpc) is 2.92. The maximum Gasteiger partial charge on any atom is 0.310 e. The van der Waals surface area contributed by atoms with Crippen LogP contribution in [0.25, 0.3) is 0 Å². The molecule has 0 spiro atoms. The van der Waals surface area contributed by atoms with E-state index >= 15 is 0 Å². The molecule has 1 aliphatic heterocycles. The van der Waals surface area contributed by atoms with E-state index in [1.165, 1.54) is 0 Å². The number of hydrogen-bond donors (Lipinski definition) is 1. The molecule has 0 aliphatic carbocycles. The van der Waals surface area contributed by atoms with Crippen molar-refractivity contribution >= 4 is 31.9 Å². The van der Waals surface area contributed by atoms with Gasteiger partial charge >= 0.3 is 5.97 Å². The molecule has 0 aromatic carbocycles. The molecule has 44 heavy (non-hydrogen) atoms. The molecule has 8 nitrogen and oxygen atoms in total. The van der Waals surface area contributed by atoms with Crippen LogP contribution < -0.4 is 5.32 Å². The Morgan fingerprint density at radius 1 is 1.09 bits per heavy atom. The van der Waals surface area contributed by atoms with Crippen molar-refractivity contribution in [3.63, 3.8) is 0 Å². The third-order valence-corrected chi connectivity index (χ3v) is 13.3. The summed E-state index contributed by atoms with van der Waals surface area (Å²) in [7, 11) is -0.550. The summed E-state index contributed by atoms with van der Waals surface area (Å²) in [6.45, 7) is 24.3. The first-order valence-electron chi connectivity index (χ1n) is 15.8. The molecule has 0 saturated carbocycles. The molecule has 9 heteroatoms. The molecule has 0 bridgehead atoms. The summed E-state index contributed by atoms with van der Waals surface area (Å²) in [6.07, 6.45) is 10.4. The summed E-state index contributed by atoms with van der Waals surface area (Å²) < 4.78 is 18.6. The zero-order valence-electron chi connectivity index (χ0n) is 28.6. The number of rotatable bonds is 19. The van der Waals surface area contributed by atoms with Crippen LogP contribution in [-0.4, -0.2) is 57.3 Å². The van der Waals surface area contributed by atoms with Gasteiger partial charge in [0.05, 0.1) is 18.4 Å². The molecule has 1 saturated heterocycles. The summed E-state index contributed by atoms with van der Waals surface area (Å²) in [6, 6.07) is 0. The van der Waals surface area contributed by atoms with Gasteiger partial charge in [0.25, 0.3) is 0 Å². The van der Waals surface area contributed by atoms with Crippen molar-refractivity contribution in [2.24, 2.45) is 17.8 Å². The number of allylic oxidation sites excluding steroid dienone is 2. The van der Waals surface area contributed by atoms with E-state index in [1.54, 1.807) is 32.3 Å². The first-order chi connectivity index (χ1) is 20.5.